The van der Waals surface area contributed by atoms with Crippen LogP contribution in [-0.4, -0.2) is 31.6 Å². The van der Waals surface area contributed by atoms with Crippen molar-refractivity contribution in [3.05, 3.63) is 23.8 Å². The number of nitrogens with one attached hydrogen (secondary N) is 1. The summed E-state index contributed by atoms with van der Waals surface area (Å²) in [6.07, 6.45) is -0.876. The van der Waals surface area contributed by atoms with Crippen LogP contribution >= 0.6 is 0 Å². The molecule has 116 valence electrons. The summed E-state index contributed by atoms with van der Waals surface area (Å²) in [6, 6.07) is 4.61. The van der Waals surface area contributed by atoms with Crippen LogP contribution in [0.1, 0.15) is 31.1 Å². The van der Waals surface area contributed by atoms with E-state index in [0.29, 0.717) is 23.9 Å². The van der Waals surface area contributed by atoms with Crippen molar-refractivity contribution in [3.8, 4) is 5.75 Å². The molecule has 0 aromatic heterocycles. The van der Waals surface area contributed by atoms with Gasteiger partial charge in [-0.3, -0.25) is 4.79 Å². The van der Waals surface area contributed by atoms with Crippen LogP contribution < -0.4 is 15.8 Å². The molecule has 0 fully saturated rings. The summed E-state index contributed by atoms with van der Waals surface area (Å²) >= 11 is 0. The molecule has 1 amide bonds. The largest absolute Gasteiger partial charge is 0.496 e. The minimum atomic E-state index is -0.876. The first-order chi connectivity index (χ1) is 9.85. The van der Waals surface area contributed by atoms with Gasteiger partial charge >= 0.3 is 5.97 Å². The average molecular weight is 294 g/mol. The number of carbonyl (C=O) groups is 2. The van der Waals surface area contributed by atoms with Gasteiger partial charge in [0.15, 0.2) is 6.10 Å². The molecule has 1 unspecified atom stereocenters. The Morgan fingerprint density at radius 2 is 1.95 bits per heavy atom. The van der Waals surface area contributed by atoms with E-state index in [1.165, 1.54) is 26.2 Å². The Morgan fingerprint density at radius 1 is 1.29 bits per heavy atom. The standard InChI is InChI=1S/C15H22N2O4/c1-9(2)8-17-14(18)10(3)21-15(19)12-6-5-11(16)7-13(12)20-4/h5-7,9-10H,8,16H2,1-4H3,(H,17,18). The van der Waals surface area contributed by atoms with Gasteiger partial charge in [-0.2, -0.15) is 0 Å². The molecule has 0 saturated carbocycles. The van der Waals surface area contributed by atoms with E-state index in [2.05, 4.69) is 5.32 Å². The van der Waals surface area contributed by atoms with Crippen molar-refractivity contribution in [1.29, 1.82) is 0 Å². The summed E-state index contributed by atoms with van der Waals surface area (Å²) in [6.45, 7) is 6.02. The van der Waals surface area contributed by atoms with E-state index in [0.717, 1.165) is 0 Å². The van der Waals surface area contributed by atoms with E-state index in [4.69, 9.17) is 15.2 Å². The zero-order valence-corrected chi connectivity index (χ0v) is 12.8. The molecule has 0 bridgehead atoms. The average Bonchev–Trinajstić information content (AvgIpc) is 2.43. The van der Waals surface area contributed by atoms with Crippen LogP contribution in [0.25, 0.3) is 0 Å². The van der Waals surface area contributed by atoms with Gasteiger partial charge in [-0.05, 0) is 25.0 Å². The Morgan fingerprint density at radius 3 is 2.52 bits per heavy atom. The quantitative estimate of drug-likeness (QED) is 0.614. The summed E-state index contributed by atoms with van der Waals surface area (Å²) in [5, 5.41) is 2.71. The molecule has 0 aliphatic rings. The van der Waals surface area contributed by atoms with Crippen molar-refractivity contribution >= 4 is 17.6 Å². The minimum absolute atomic E-state index is 0.232. The summed E-state index contributed by atoms with van der Waals surface area (Å²) in [5.74, 6) is -0.311. The maximum atomic E-state index is 12.1. The van der Waals surface area contributed by atoms with E-state index in [1.54, 1.807) is 6.07 Å². The third kappa shape index (κ3) is 4.98. The molecular formula is C15H22N2O4. The molecule has 0 heterocycles. The van der Waals surface area contributed by atoms with Gasteiger partial charge in [0.05, 0.1) is 7.11 Å². The van der Waals surface area contributed by atoms with Crippen molar-refractivity contribution in [1.82, 2.24) is 5.32 Å². The Kier molecular flexibility index (Phi) is 6.02. The molecule has 0 radical (unpaired) electrons. The molecular weight excluding hydrogens is 272 g/mol. The molecule has 6 heteroatoms. The molecule has 0 aliphatic carbocycles. The number of amides is 1. The van der Waals surface area contributed by atoms with Crippen molar-refractivity contribution in [2.45, 2.75) is 26.9 Å². The summed E-state index contributed by atoms with van der Waals surface area (Å²) in [4.78, 5) is 23.8. The van der Waals surface area contributed by atoms with Gasteiger partial charge in [0.1, 0.15) is 11.3 Å². The molecule has 1 rings (SSSR count). The Bertz CT molecular complexity index is 514. The number of nitrogens with two attached hydrogens (primary N) is 1. The van der Waals surface area contributed by atoms with Crippen LogP contribution in [-0.2, 0) is 9.53 Å². The van der Waals surface area contributed by atoms with Crippen LogP contribution in [0, 0.1) is 5.92 Å². The first-order valence-electron chi connectivity index (χ1n) is 6.77. The van der Waals surface area contributed by atoms with Crippen molar-refractivity contribution in [2.24, 2.45) is 5.92 Å². The molecule has 21 heavy (non-hydrogen) atoms. The van der Waals surface area contributed by atoms with Gasteiger partial charge in [-0.15, -0.1) is 0 Å². The second kappa shape index (κ2) is 7.52. The number of hydrogen-bond donors (Lipinski definition) is 2. The highest BCUT2D eigenvalue weighted by Crippen LogP contribution is 2.22. The van der Waals surface area contributed by atoms with Gasteiger partial charge in [0, 0.05) is 18.3 Å². The summed E-state index contributed by atoms with van der Waals surface area (Å²) in [7, 11) is 1.43. The molecule has 0 aliphatic heterocycles. The molecule has 6 nitrogen and oxygen atoms in total. The van der Waals surface area contributed by atoms with Crippen LogP contribution in [0.2, 0.25) is 0 Å². The molecule has 1 aromatic rings. The Balaban J connectivity index is 2.70. The van der Waals surface area contributed by atoms with E-state index < -0.39 is 12.1 Å². The lowest BCUT2D eigenvalue weighted by Gasteiger charge is -2.15. The number of carbonyl (C=O) groups excluding carboxylic acids is 2. The highest BCUT2D eigenvalue weighted by molar-refractivity contribution is 5.95. The fourth-order valence-electron chi connectivity index (χ4n) is 1.60. The number of hydrogen-bond acceptors (Lipinski definition) is 5. The van der Waals surface area contributed by atoms with E-state index in [9.17, 15) is 9.59 Å². The van der Waals surface area contributed by atoms with Crippen LogP contribution in [0.15, 0.2) is 18.2 Å². The van der Waals surface area contributed by atoms with Crippen molar-refractivity contribution in [3.63, 3.8) is 0 Å². The minimum Gasteiger partial charge on any atom is -0.496 e. The number of benzene rings is 1. The van der Waals surface area contributed by atoms with Crippen LogP contribution in [0.4, 0.5) is 5.69 Å². The number of nitrogen functional groups attached to an aromatic ring is 1. The van der Waals surface area contributed by atoms with E-state index in [-0.39, 0.29) is 11.5 Å². The van der Waals surface area contributed by atoms with Crippen LogP contribution in [0.3, 0.4) is 0 Å². The topological polar surface area (TPSA) is 90.7 Å². The second-order valence-electron chi connectivity index (χ2n) is 5.15. The normalized spacial score (nSPS) is 11.9. The lowest BCUT2D eigenvalue weighted by atomic mass is 10.2. The number of anilines is 1. The predicted molar refractivity (Wildman–Crippen MR) is 80.1 cm³/mol. The highest BCUT2D eigenvalue weighted by atomic mass is 16.5. The van der Waals surface area contributed by atoms with Crippen molar-refractivity contribution in [2.75, 3.05) is 19.4 Å². The summed E-state index contributed by atoms with van der Waals surface area (Å²) < 4.78 is 10.2. The first-order valence-corrected chi connectivity index (χ1v) is 6.77. The number of ether oxygens (including phenoxy) is 2. The fourth-order valence-corrected chi connectivity index (χ4v) is 1.60. The van der Waals surface area contributed by atoms with Crippen molar-refractivity contribution < 1.29 is 19.1 Å². The van der Waals surface area contributed by atoms with Crippen LogP contribution in [0.5, 0.6) is 5.75 Å². The smallest absolute Gasteiger partial charge is 0.342 e. The number of rotatable bonds is 6. The van der Waals surface area contributed by atoms with Gasteiger partial charge in [0.2, 0.25) is 0 Å². The molecule has 0 saturated heterocycles. The Labute approximate surface area is 124 Å². The third-order valence-corrected chi connectivity index (χ3v) is 2.78. The second-order valence-corrected chi connectivity index (χ2v) is 5.15. The number of methoxy groups -OCH3 is 1. The van der Waals surface area contributed by atoms with Gasteiger partial charge in [0.25, 0.3) is 5.91 Å². The first kappa shape index (κ1) is 16.8. The maximum Gasteiger partial charge on any atom is 0.342 e. The van der Waals surface area contributed by atoms with Gasteiger partial charge in [-0.25, -0.2) is 4.79 Å². The monoisotopic (exact) mass is 294 g/mol. The lowest BCUT2D eigenvalue weighted by Crippen LogP contribution is -2.37. The van der Waals surface area contributed by atoms with Gasteiger partial charge < -0.3 is 20.5 Å². The molecule has 1 aromatic carbocycles. The summed E-state index contributed by atoms with van der Waals surface area (Å²) in [5.41, 5.74) is 6.33. The lowest BCUT2D eigenvalue weighted by molar-refractivity contribution is -0.129. The Hall–Kier alpha value is -2.24. The zero-order chi connectivity index (χ0) is 16.0. The third-order valence-electron chi connectivity index (χ3n) is 2.78. The highest BCUT2D eigenvalue weighted by Gasteiger charge is 2.21. The van der Waals surface area contributed by atoms with E-state index in [1.807, 2.05) is 13.8 Å². The molecule has 1 atom stereocenters. The predicted octanol–water partition coefficient (Wildman–Crippen LogP) is 1.59. The number of esters is 1. The molecule has 3 N–H and O–H groups in total. The van der Waals surface area contributed by atoms with E-state index >= 15 is 0 Å². The fraction of sp³-hybridized carbons (Fsp3) is 0.467. The zero-order valence-electron chi connectivity index (χ0n) is 12.8. The molecule has 0 spiro atoms. The SMILES string of the molecule is COc1cc(N)ccc1C(=O)OC(C)C(=O)NCC(C)C. The van der Waals surface area contributed by atoms with Gasteiger partial charge in [-0.1, -0.05) is 13.8 Å². The maximum absolute atomic E-state index is 12.1.